The maximum absolute atomic E-state index is 12.8. The number of rotatable bonds is 0. The molecule has 1 aliphatic carbocycles. The average molecular weight is 587 g/mol. The molecule has 0 aromatic heterocycles. The monoisotopic (exact) mass is 587 g/mol. The molecule has 23 heavy (non-hydrogen) atoms. The molecular formula is C18H13O2VWY-3. The van der Waals surface area contributed by atoms with Gasteiger partial charge in [-0.2, -0.15) is 0 Å². The second-order valence-corrected chi connectivity index (χ2v) is 5.16. The van der Waals surface area contributed by atoms with E-state index in [0.29, 0.717) is 38.9 Å². The normalized spacial score (nSPS) is 12.1. The Bertz CT molecular complexity index is 850. The Morgan fingerprint density at radius 3 is 2.09 bits per heavy atom. The molecule has 0 fully saturated rings. The van der Waals surface area contributed by atoms with Crippen LogP contribution in [0, 0.1) is 45.9 Å². The van der Waals surface area contributed by atoms with Crippen LogP contribution in [0.15, 0.2) is 6.04 Å². The minimum atomic E-state index is -0.244. The molecule has 0 saturated heterocycles. The number of hydrogen-bond acceptors (Lipinski definition) is 2. The minimum absolute atomic E-state index is 0. The fraction of sp³-hybridized carbons (Fsp3) is 0.222. The van der Waals surface area contributed by atoms with Crippen molar-refractivity contribution in [3.05, 3.63) is 68.7 Å². The molecule has 0 aliphatic heterocycles. The topological polar surface area (TPSA) is 34.1 Å². The molecular weight excluding hydrogens is 572 g/mol. The van der Waals surface area contributed by atoms with Gasteiger partial charge >= 0.3 is 0 Å². The molecule has 2 radical (unpaired) electrons. The van der Waals surface area contributed by atoms with Gasteiger partial charge in [0.05, 0.1) is 5.78 Å². The summed E-state index contributed by atoms with van der Waals surface area (Å²) < 4.78 is 8.00. The number of carbonyl (C=O) groups excluding carboxylic acids is 2. The van der Waals surface area contributed by atoms with Crippen molar-refractivity contribution in [3.63, 3.8) is 0 Å². The zero-order valence-corrected chi connectivity index (χ0v) is 20.4. The SMILES string of the molecule is [3H]c1c(C)[c-]c2c(c1C)C(=O)c1c(C)[c-]c(C)[c-]c1C2=O.[V].[W].[Y]. The molecule has 0 heterocycles. The number of ketones is 2. The third kappa shape index (κ3) is 3.88. The van der Waals surface area contributed by atoms with Gasteiger partial charge in [0.1, 0.15) is 0 Å². The Labute approximate surface area is 189 Å². The quantitative estimate of drug-likeness (QED) is 0.380. The number of hydrogen-bond donors (Lipinski definition) is 0. The maximum atomic E-state index is 12.8. The first-order chi connectivity index (χ1) is 9.82. The summed E-state index contributed by atoms with van der Waals surface area (Å²) in [6.07, 6.45) is 0. The molecule has 114 valence electrons. The van der Waals surface area contributed by atoms with Gasteiger partial charge in [0, 0.05) is 78.1 Å². The van der Waals surface area contributed by atoms with Crippen LogP contribution in [0.5, 0.6) is 0 Å². The first-order valence-electron chi connectivity index (χ1n) is 6.91. The first-order valence-corrected chi connectivity index (χ1v) is 6.41. The van der Waals surface area contributed by atoms with E-state index < -0.39 is 0 Å². The van der Waals surface area contributed by atoms with Crippen LogP contribution < -0.4 is 0 Å². The number of fused-ring (bicyclic) bond motifs is 2. The predicted molar refractivity (Wildman–Crippen MR) is 75.2 cm³/mol. The second-order valence-electron chi connectivity index (χ2n) is 5.16. The Morgan fingerprint density at radius 1 is 0.913 bits per heavy atom. The van der Waals surface area contributed by atoms with Crippen LogP contribution in [-0.4, -0.2) is 11.6 Å². The van der Waals surface area contributed by atoms with Gasteiger partial charge in [-0.1, -0.05) is 38.8 Å². The molecule has 5 heteroatoms. The van der Waals surface area contributed by atoms with E-state index in [1.54, 1.807) is 27.7 Å². The van der Waals surface area contributed by atoms with E-state index in [4.69, 9.17) is 1.37 Å². The minimum Gasteiger partial charge on any atom is -0.354 e. The maximum Gasteiger partial charge on any atom is 0.0628 e. The van der Waals surface area contributed by atoms with Crippen LogP contribution in [0.1, 0.15) is 55.5 Å². The smallest absolute Gasteiger partial charge is 0.0628 e. The Balaban J connectivity index is 0.00000176. The van der Waals surface area contributed by atoms with E-state index in [1.165, 1.54) is 0 Å². The van der Waals surface area contributed by atoms with E-state index in [-0.39, 0.29) is 95.5 Å². The summed E-state index contributed by atoms with van der Waals surface area (Å²) in [5, 5.41) is 0. The van der Waals surface area contributed by atoms with Gasteiger partial charge in [0.25, 0.3) is 0 Å². The van der Waals surface area contributed by atoms with Gasteiger partial charge in [0.15, 0.2) is 0 Å². The van der Waals surface area contributed by atoms with Crippen LogP contribution in [0.4, 0.5) is 0 Å². The van der Waals surface area contributed by atoms with Gasteiger partial charge < -0.3 is 21.7 Å². The van der Waals surface area contributed by atoms with Crippen molar-refractivity contribution in [1.82, 2.24) is 0 Å². The van der Waals surface area contributed by atoms with Crippen LogP contribution in [0.3, 0.4) is 0 Å². The summed E-state index contributed by atoms with van der Waals surface area (Å²) in [5.74, 6) is -0.474. The predicted octanol–water partition coefficient (Wildman–Crippen LogP) is 3.09. The molecule has 0 unspecified atom stereocenters. The summed E-state index contributed by atoms with van der Waals surface area (Å²) in [7, 11) is 0. The van der Waals surface area contributed by atoms with Gasteiger partial charge in [-0.05, 0) is 1.37 Å². The first kappa shape index (κ1) is 21.2. The van der Waals surface area contributed by atoms with Crippen molar-refractivity contribution < 1.29 is 83.3 Å². The molecule has 3 rings (SSSR count). The van der Waals surface area contributed by atoms with Crippen molar-refractivity contribution >= 4 is 11.6 Å². The summed E-state index contributed by atoms with van der Waals surface area (Å²) in [6, 6.07) is 9.16. The Kier molecular flexibility index (Phi) is 7.84. The Morgan fingerprint density at radius 2 is 1.48 bits per heavy atom. The molecule has 2 nitrogen and oxygen atoms in total. The van der Waals surface area contributed by atoms with Crippen molar-refractivity contribution in [2.24, 2.45) is 0 Å². The number of carbonyl (C=O) groups is 2. The van der Waals surface area contributed by atoms with Crippen molar-refractivity contribution in [1.29, 1.82) is 0 Å². The number of aryl methyl sites for hydroxylation is 3. The van der Waals surface area contributed by atoms with Crippen LogP contribution in [-0.2, 0) is 72.3 Å². The molecule has 0 amide bonds. The molecule has 0 spiro atoms. The second kappa shape index (κ2) is 8.50. The summed E-state index contributed by atoms with van der Waals surface area (Å²) in [6.45, 7) is 7.00. The third-order valence-corrected chi connectivity index (χ3v) is 3.53. The van der Waals surface area contributed by atoms with E-state index >= 15 is 0 Å². The number of benzene rings is 2. The fourth-order valence-electron chi connectivity index (χ4n) is 2.78. The zero-order valence-electron chi connectivity index (χ0n) is 14.2. The molecule has 0 N–H and O–H groups in total. The summed E-state index contributed by atoms with van der Waals surface area (Å²) >= 11 is 0. The summed E-state index contributed by atoms with van der Waals surface area (Å²) in [5.41, 5.74) is 3.69. The average Bonchev–Trinajstić information content (AvgIpc) is 2.41. The zero-order chi connectivity index (χ0) is 15.5. The van der Waals surface area contributed by atoms with E-state index in [1.807, 2.05) is 0 Å². The molecule has 0 bridgehead atoms. The van der Waals surface area contributed by atoms with Crippen LogP contribution >= 0.6 is 0 Å². The standard InChI is InChI=1S/C18H13O2.V.W.Y/c1-9-5-11(3)15-13(7-9)17(19)14-8-10(2)6-12(4)16(14)18(15)20;;;/h5H,1-4H3;;;/q-3;;;/i5T;;;. The van der Waals surface area contributed by atoms with Gasteiger partial charge in [0.2, 0.25) is 0 Å². The molecule has 2 aromatic carbocycles. The van der Waals surface area contributed by atoms with Gasteiger partial charge in [-0.15, -0.1) is 23.2 Å². The largest absolute Gasteiger partial charge is 0.354 e. The molecule has 0 saturated carbocycles. The third-order valence-electron chi connectivity index (χ3n) is 3.53. The van der Waals surface area contributed by atoms with E-state index in [9.17, 15) is 9.59 Å². The fourth-order valence-corrected chi connectivity index (χ4v) is 2.78. The van der Waals surface area contributed by atoms with Crippen molar-refractivity contribution in [3.8, 4) is 0 Å². The van der Waals surface area contributed by atoms with E-state index in [2.05, 4.69) is 18.2 Å². The molecule has 2 aromatic rings. The van der Waals surface area contributed by atoms with Gasteiger partial charge in [-0.3, -0.25) is 11.1 Å². The van der Waals surface area contributed by atoms with Crippen LogP contribution in [0.25, 0.3) is 0 Å². The van der Waals surface area contributed by atoms with Gasteiger partial charge in [-0.25, -0.2) is 11.1 Å². The molecule has 0 atom stereocenters. The van der Waals surface area contributed by atoms with Crippen molar-refractivity contribution in [2.75, 3.05) is 0 Å². The Hall–Kier alpha value is 0.157. The molecule has 1 aliphatic rings. The summed E-state index contributed by atoms with van der Waals surface area (Å²) in [4.78, 5) is 25.5. The van der Waals surface area contributed by atoms with Crippen molar-refractivity contribution in [2.45, 2.75) is 27.7 Å². The van der Waals surface area contributed by atoms with Crippen LogP contribution in [0.2, 0.25) is 0 Å². The van der Waals surface area contributed by atoms with E-state index in [0.717, 1.165) is 0 Å².